The molecule has 1 aliphatic heterocycles. The third-order valence-corrected chi connectivity index (χ3v) is 4.91. The van der Waals surface area contributed by atoms with Gasteiger partial charge in [-0.2, -0.15) is 0 Å². The van der Waals surface area contributed by atoms with Gasteiger partial charge >= 0.3 is 0 Å². The second-order valence-corrected chi connectivity index (χ2v) is 7.24. The van der Waals surface area contributed by atoms with Gasteiger partial charge in [0.05, 0.1) is 11.5 Å². The maximum atomic E-state index is 12.4. The maximum absolute atomic E-state index is 12.4. The molecule has 0 spiro atoms. The molecule has 1 unspecified atom stereocenters. The van der Waals surface area contributed by atoms with E-state index in [2.05, 4.69) is 24.3 Å². The minimum atomic E-state index is -0.171. The van der Waals surface area contributed by atoms with E-state index in [9.17, 15) is 9.59 Å². The maximum Gasteiger partial charge on any atom is 0.235 e. The van der Waals surface area contributed by atoms with Crippen LogP contribution < -0.4 is 5.32 Å². The zero-order valence-corrected chi connectivity index (χ0v) is 14.8. The quantitative estimate of drug-likeness (QED) is 0.862. The summed E-state index contributed by atoms with van der Waals surface area (Å²) < 4.78 is 4.89. The van der Waals surface area contributed by atoms with Crippen LogP contribution in [0.2, 0.25) is 0 Å². The number of piperidine rings is 1. The van der Waals surface area contributed by atoms with Gasteiger partial charge < -0.3 is 14.7 Å². The first-order valence-corrected chi connectivity index (χ1v) is 9.23. The highest BCUT2D eigenvalue weighted by atomic mass is 32.2. The molecular weight excluding hydrogens is 314 g/mol. The highest BCUT2D eigenvalue weighted by Gasteiger charge is 2.28. The molecule has 23 heavy (non-hydrogen) atoms. The summed E-state index contributed by atoms with van der Waals surface area (Å²) in [5.41, 5.74) is 0. The molecule has 0 bridgehead atoms. The van der Waals surface area contributed by atoms with Crippen molar-refractivity contribution in [2.45, 2.75) is 46.1 Å². The first-order chi connectivity index (χ1) is 11.0. The Balaban J connectivity index is 1.74. The van der Waals surface area contributed by atoms with Gasteiger partial charge in [-0.1, -0.05) is 19.0 Å². The average Bonchev–Trinajstić information content (AvgIpc) is 2.92. The van der Waals surface area contributed by atoms with Crippen LogP contribution in [-0.4, -0.2) is 46.0 Å². The number of likely N-dealkylation sites (tertiary alicyclic amines) is 1. The second kappa shape index (κ2) is 8.38. The van der Waals surface area contributed by atoms with Crippen LogP contribution in [0.25, 0.3) is 0 Å². The van der Waals surface area contributed by atoms with Crippen molar-refractivity contribution >= 4 is 29.4 Å². The lowest BCUT2D eigenvalue weighted by atomic mass is 9.93. The molecule has 0 aliphatic carbocycles. The number of hydrogen-bond acceptors (Lipinski definition) is 5. The molecule has 0 radical (unpaired) electrons. The van der Waals surface area contributed by atoms with Crippen molar-refractivity contribution in [3.63, 3.8) is 0 Å². The lowest BCUT2D eigenvalue weighted by Crippen LogP contribution is -2.47. The first kappa shape index (κ1) is 17.8. The minimum absolute atomic E-state index is 0.137. The number of rotatable bonds is 6. The van der Waals surface area contributed by atoms with Crippen LogP contribution >= 0.6 is 11.8 Å². The first-order valence-electron chi connectivity index (χ1n) is 8.07. The number of amides is 2. The third-order valence-electron chi connectivity index (χ3n) is 3.99. The van der Waals surface area contributed by atoms with E-state index in [0.717, 1.165) is 19.4 Å². The van der Waals surface area contributed by atoms with Crippen LogP contribution in [0.15, 0.2) is 10.6 Å². The van der Waals surface area contributed by atoms with Gasteiger partial charge in [-0.05, 0) is 32.1 Å². The highest BCUT2D eigenvalue weighted by molar-refractivity contribution is 8.00. The molecule has 6 nitrogen and oxygen atoms in total. The molecular formula is C16H25N3O3S. The van der Waals surface area contributed by atoms with Crippen LogP contribution in [0.3, 0.4) is 0 Å². The zero-order valence-electron chi connectivity index (χ0n) is 14.0. The Hall–Kier alpha value is -1.50. The van der Waals surface area contributed by atoms with Gasteiger partial charge in [0.1, 0.15) is 5.76 Å². The second-order valence-electron chi connectivity index (χ2n) is 6.26. The van der Waals surface area contributed by atoms with E-state index in [-0.39, 0.29) is 17.6 Å². The molecule has 1 saturated heterocycles. The van der Waals surface area contributed by atoms with E-state index < -0.39 is 0 Å². The zero-order chi connectivity index (χ0) is 16.8. The summed E-state index contributed by atoms with van der Waals surface area (Å²) in [6.07, 6.45) is 3.35. The highest BCUT2D eigenvalue weighted by Crippen LogP contribution is 2.24. The number of anilines is 1. The Morgan fingerprint density at radius 3 is 2.87 bits per heavy atom. The van der Waals surface area contributed by atoms with Gasteiger partial charge in [0.25, 0.3) is 0 Å². The van der Waals surface area contributed by atoms with E-state index in [1.165, 1.54) is 18.2 Å². The van der Waals surface area contributed by atoms with Gasteiger partial charge in [0, 0.05) is 18.7 Å². The van der Waals surface area contributed by atoms with Crippen molar-refractivity contribution < 1.29 is 14.1 Å². The van der Waals surface area contributed by atoms with Gasteiger partial charge in [0.2, 0.25) is 11.8 Å². The van der Waals surface area contributed by atoms with Crippen molar-refractivity contribution in [2.75, 3.05) is 23.4 Å². The Bertz CT molecular complexity index is 544. The summed E-state index contributed by atoms with van der Waals surface area (Å²) in [7, 11) is 0. The molecule has 0 saturated carbocycles. The van der Waals surface area contributed by atoms with Gasteiger partial charge in [-0.15, -0.1) is 11.8 Å². The molecule has 2 heterocycles. The SMILES string of the molecule is Cc1cc(NC(=O)CSCC(=O)N2CCCCC2C(C)C)no1. The number of carbonyl (C=O) groups excluding carboxylic acids is 2. The van der Waals surface area contributed by atoms with Crippen LogP contribution in [0.5, 0.6) is 0 Å². The van der Waals surface area contributed by atoms with E-state index >= 15 is 0 Å². The molecule has 0 aromatic carbocycles. The Morgan fingerprint density at radius 1 is 1.43 bits per heavy atom. The van der Waals surface area contributed by atoms with E-state index in [4.69, 9.17) is 4.52 Å². The molecule has 1 atom stereocenters. The number of nitrogens with one attached hydrogen (secondary N) is 1. The Morgan fingerprint density at radius 2 is 2.22 bits per heavy atom. The van der Waals surface area contributed by atoms with Crippen molar-refractivity contribution in [1.82, 2.24) is 10.1 Å². The molecule has 1 aromatic rings. The Labute approximate surface area is 141 Å². The molecule has 2 amide bonds. The van der Waals surface area contributed by atoms with Gasteiger partial charge in [-0.3, -0.25) is 9.59 Å². The van der Waals surface area contributed by atoms with Gasteiger partial charge in [0.15, 0.2) is 5.82 Å². The molecule has 7 heteroatoms. The average molecular weight is 339 g/mol. The van der Waals surface area contributed by atoms with Crippen LogP contribution in [0.1, 0.15) is 38.9 Å². The predicted molar refractivity (Wildman–Crippen MR) is 91.4 cm³/mol. The summed E-state index contributed by atoms with van der Waals surface area (Å²) in [5.74, 6) is 2.08. The standard InChI is InChI=1S/C16H25N3O3S/c1-11(2)13-6-4-5-7-19(13)16(21)10-23-9-15(20)17-14-8-12(3)22-18-14/h8,11,13H,4-7,9-10H2,1-3H3,(H,17,18,20). The number of aromatic nitrogens is 1. The normalized spacial score (nSPS) is 18.3. The molecule has 1 N–H and O–H groups in total. The number of aryl methyl sites for hydroxylation is 1. The third kappa shape index (κ3) is 5.27. The molecule has 128 valence electrons. The molecule has 1 aliphatic rings. The summed E-state index contributed by atoms with van der Waals surface area (Å²) >= 11 is 1.34. The van der Waals surface area contributed by atoms with Crippen LogP contribution in [0.4, 0.5) is 5.82 Å². The van der Waals surface area contributed by atoms with E-state index in [1.807, 2.05) is 4.90 Å². The summed E-state index contributed by atoms with van der Waals surface area (Å²) in [4.78, 5) is 26.2. The molecule has 2 rings (SSSR count). The smallest absolute Gasteiger partial charge is 0.235 e. The van der Waals surface area contributed by atoms with Crippen molar-refractivity contribution in [2.24, 2.45) is 5.92 Å². The fourth-order valence-corrected chi connectivity index (χ4v) is 3.58. The fourth-order valence-electron chi connectivity index (χ4n) is 2.88. The van der Waals surface area contributed by atoms with Crippen molar-refractivity contribution in [1.29, 1.82) is 0 Å². The predicted octanol–water partition coefficient (Wildman–Crippen LogP) is 2.69. The molecule has 1 fully saturated rings. The van der Waals surface area contributed by atoms with Crippen LogP contribution in [-0.2, 0) is 9.59 Å². The summed E-state index contributed by atoms with van der Waals surface area (Å²) in [6.45, 7) is 6.93. The van der Waals surface area contributed by atoms with E-state index in [0.29, 0.717) is 29.3 Å². The molecule has 1 aromatic heterocycles. The van der Waals surface area contributed by atoms with E-state index in [1.54, 1.807) is 13.0 Å². The fraction of sp³-hybridized carbons (Fsp3) is 0.688. The number of nitrogens with zero attached hydrogens (tertiary/aromatic N) is 2. The largest absolute Gasteiger partial charge is 0.360 e. The Kier molecular flexibility index (Phi) is 6.50. The topological polar surface area (TPSA) is 75.4 Å². The number of hydrogen-bond donors (Lipinski definition) is 1. The lowest BCUT2D eigenvalue weighted by Gasteiger charge is -2.38. The van der Waals surface area contributed by atoms with Gasteiger partial charge in [-0.25, -0.2) is 0 Å². The number of thioether (sulfide) groups is 1. The summed E-state index contributed by atoms with van der Waals surface area (Å²) in [6, 6.07) is 2.00. The minimum Gasteiger partial charge on any atom is -0.360 e. The van der Waals surface area contributed by atoms with Crippen molar-refractivity contribution in [3.8, 4) is 0 Å². The lowest BCUT2D eigenvalue weighted by molar-refractivity contribution is -0.133. The number of carbonyl (C=O) groups is 2. The summed E-state index contributed by atoms with van der Waals surface area (Å²) in [5, 5.41) is 6.36. The van der Waals surface area contributed by atoms with Crippen LogP contribution in [0, 0.1) is 12.8 Å². The monoisotopic (exact) mass is 339 g/mol. The van der Waals surface area contributed by atoms with Crippen molar-refractivity contribution in [3.05, 3.63) is 11.8 Å².